The lowest BCUT2D eigenvalue weighted by Crippen LogP contribution is -2.25. The number of benzene rings is 2. The summed E-state index contributed by atoms with van der Waals surface area (Å²) in [4.78, 5) is 0. The van der Waals surface area contributed by atoms with E-state index in [-0.39, 0.29) is 6.23 Å². The molecule has 1 unspecified atom stereocenters. The first kappa shape index (κ1) is 16.3. The van der Waals surface area contributed by atoms with E-state index in [9.17, 15) is 0 Å². The summed E-state index contributed by atoms with van der Waals surface area (Å²) in [6, 6.07) is 16.1. The Morgan fingerprint density at radius 3 is 2.27 bits per heavy atom. The fourth-order valence-corrected chi connectivity index (χ4v) is 2.35. The minimum Gasteiger partial charge on any atom is -0.493 e. The third-order valence-corrected chi connectivity index (χ3v) is 3.53. The number of nitrogens with one attached hydrogen (secondary N) is 1. The highest BCUT2D eigenvalue weighted by molar-refractivity contribution is 5.42. The standard InChI is InChI=1S/C18H23NO3/c1-20-16-10-9-14(13-17(16)21-2)11-12-19-18(22-3)15-7-5-4-6-8-15/h4-10,13,18-19H,11-12H2,1-3H3. The van der Waals surface area contributed by atoms with Crippen molar-refractivity contribution in [3.63, 3.8) is 0 Å². The van der Waals surface area contributed by atoms with Crippen LogP contribution in [0, 0.1) is 0 Å². The van der Waals surface area contributed by atoms with E-state index in [2.05, 4.69) is 17.4 Å². The highest BCUT2D eigenvalue weighted by Crippen LogP contribution is 2.27. The Bertz CT molecular complexity index is 572. The number of hydrogen-bond donors (Lipinski definition) is 1. The minimum absolute atomic E-state index is 0.0960. The van der Waals surface area contributed by atoms with Gasteiger partial charge in [0.2, 0.25) is 0 Å². The lowest BCUT2D eigenvalue weighted by Gasteiger charge is -2.17. The van der Waals surface area contributed by atoms with Crippen LogP contribution in [0.15, 0.2) is 48.5 Å². The van der Waals surface area contributed by atoms with Crippen LogP contribution in [0.2, 0.25) is 0 Å². The number of hydrogen-bond acceptors (Lipinski definition) is 4. The van der Waals surface area contributed by atoms with Crippen molar-refractivity contribution in [2.75, 3.05) is 27.9 Å². The molecule has 0 aliphatic heterocycles. The zero-order valence-electron chi connectivity index (χ0n) is 13.3. The van der Waals surface area contributed by atoms with Crippen molar-refractivity contribution in [1.29, 1.82) is 0 Å². The van der Waals surface area contributed by atoms with E-state index in [4.69, 9.17) is 14.2 Å². The van der Waals surface area contributed by atoms with Crippen molar-refractivity contribution < 1.29 is 14.2 Å². The highest BCUT2D eigenvalue weighted by atomic mass is 16.5. The average Bonchev–Trinajstić information content (AvgIpc) is 2.59. The lowest BCUT2D eigenvalue weighted by atomic mass is 10.1. The molecule has 0 aromatic heterocycles. The fraction of sp³-hybridized carbons (Fsp3) is 0.333. The minimum atomic E-state index is -0.0960. The maximum absolute atomic E-state index is 5.50. The molecule has 4 heteroatoms. The van der Waals surface area contributed by atoms with E-state index in [1.54, 1.807) is 21.3 Å². The van der Waals surface area contributed by atoms with Gasteiger partial charge in [-0.3, -0.25) is 5.32 Å². The summed E-state index contributed by atoms with van der Waals surface area (Å²) in [7, 11) is 5.00. The molecule has 2 aromatic rings. The highest BCUT2D eigenvalue weighted by Gasteiger charge is 2.09. The smallest absolute Gasteiger partial charge is 0.160 e. The van der Waals surface area contributed by atoms with Crippen molar-refractivity contribution >= 4 is 0 Å². The van der Waals surface area contributed by atoms with Crippen molar-refractivity contribution in [3.05, 3.63) is 59.7 Å². The maximum atomic E-state index is 5.50. The fourth-order valence-electron chi connectivity index (χ4n) is 2.35. The van der Waals surface area contributed by atoms with Gasteiger partial charge in [-0.1, -0.05) is 36.4 Å². The molecule has 118 valence electrons. The van der Waals surface area contributed by atoms with Gasteiger partial charge in [0.1, 0.15) is 6.23 Å². The first-order valence-corrected chi connectivity index (χ1v) is 7.30. The quantitative estimate of drug-likeness (QED) is 0.760. The van der Waals surface area contributed by atoms with Crippen LogP contribution >= 0.6 is 0 Å². The van der Waals surface area contributed by atoms with Gasteiger partial charge in [-0.15, -0.1) is 0 Å². The SMILES string of the molecule is COc1ccc(CCNC(OC)c2ccccc2)cc1OC. The van der Waals surface area contributed by atoms with Crippen LogP contribution in [-0.4, -0.2) is 27.9 Å². The molecule has 0 aliphatic rings. The molecule has 1 atom stereocenters. The first-order chi connectivity index (χ1) is 10.8. The Balaban J connectivity index is 1.93. The largest absolute Gasteiger partial charge is 0.493 e. The molecule has 0 saturated carbocycles. The molecule has 0 saturated heterocycles. The van der Waals surface area contributed by atoms with Gasteiger partial charge < -0.3 is 14.2 Å². The van der Waals surface area contributed by atoms with Crippen LogP contribution < -0.4 is 14.8 Å². The van der Waals surface area contributed by atoms with Crippen molar-refractivity contribution in [1.82, 2.24) is 5.32 Å². The summed E-state index contributed by atoms with van der Waals surface area (Å²) in [6.45, 7) is 0.808. The zero-order valence-corrected chi connectivity index (χ0v) is 13.3. The molecule has 0 fully saturated rings. The predicted molar refractivity (Wildman–Crippen MR) is 87.4 cm³/mol. The number of methoxy groups -OCH3 is 3. The van der Waals surface area contributed by atoms with E-state index < -0.39 is 0 Å². The Labute approximate surface area is 132 Å². The van der Waals surface area contributed by atoms with Gasteiger partial charge in [0.05, 0.1) is 14.2 Å². The molecule has 1 N–H and O–H groups in total. The van der Waals surface area contributed by atoms with Crippen LogP contribution in [-0.2, 0) is 11.2 Å². The Morgan fingerprint density at radius 2 is 1.64 bits per heavy atom. The second-order valence-electron chi connectivity index (χ2n) is 4.92. The molecule has 0 bridgehead atoms. The second-order valence-corrected chi connectivity index (χ2v) is 4.92. The molecule has 0 heterocycles. The number of ether oxygens (including phenoxy) is 3. The van der Waals surface area contributed by atoms with Crippen LogP contribution in [0.4, 0.5) is 0 Å². The van der Waals surface area contributed by atoms with E-state index in [0.29, 0.717) is 0 Å². The summed E-state index contributed by atoms with van der Waals surface area (Å²) < 4.78 is 16.1. The molecular formula is C18H23NO3. The summed E-state index contributed by atoms with van der Waals surface area (Å²) in [6.07, 6.45) is 0.786. The second kappa shape index (κ2) is 8.41. The van der Waals surface area contributed by atoms with Gasteiger partial charge in [0, 0.05) is 13.7 Å². The van der Waals surface area contributed by atoms with Gasteiger partial charge >= 0.3 is 0 Å². The molecule has 0 radical (unpaired) electrons. The molecule has 0 amide bonds. The number of rotatable bonds is 8. The normalized spacial score (nSPS) is 12.0. The van der Waals surface area contributed by atoms with Crippen molar-refractivity contribution in [2.24, 2.45) is 0 Å². The third-order valence-electron chi connectivity index (χ3n) is 3.53. The first-order valence-electron chi connectivity index (χ1n) is 7.30. The Morgan fingerprint density at radius 1 is 0.909 bits per heavy atom. The van der Waals surface area contributed by atoms with Gasteiger partial charge in [-0.2, -0.15) is 0 Å². The molecule has 2 rings (SSSR count). The Kier molecular flexibility index (Phi) is 6.25. The van der Waals surface area contributed by atoms with Crippen LogP contribution in [0.3, 0.4) is 0 Å². The van der Waals surface area contributed by atoms with Crippen molar-refractivity contribution in [2.45, 2.75) is 12.6 Å². The zero-order chi connectivity index (χ0) is 15.8. The third kappa shape index (κ3) is 4.23. The molecule has 0 spiro atoms. The maximum Gasteiger partial charge on any atom is 0.160 e. The van der Waals surface area contributed by atoms with Crippen LogP contribution in [0.1, 0.15) is 17.4 Å². The molecule has 22 heavy (non-hydrogen) atoms. The van der Waals surface area contributed by atoms with Crippen LogP contribution in [0.25, 0.3) is 0 Å². The monoisotopic (exact) mass is 301 g/mol. The van der Waals surface area contributed by atoms with Crippen LogP contribution in [0.5, 0.6) is 11.5 Å². The molecular weight excluding hydrogens is 278 g/mol. The molecule has 0 aliphatic carbocycles. The van der Waals surface area contributed by atoms with Crippen molar-refractivity contribution in [3.8, 4) is 11.5 Å². The van der Waals surface area contributed by atoms with E-state index >= 15 is 0 Å². The lowest BCUT2D eigenvalue weighted by molar-refractivity contribution is 0.0743. The summed E-state index contributed by atoms with van der Waals surface area (Å²) in [5.74, 6) is 1.50. The summed E-state index contributed by atoms with van der Waals surface area (Å²) >= 11 is 0. The summed E-state index contributed by atoms with van der Waals surface area (Å²) in [5, 5.41) is 3.41. The van der Waals surface area contributed by atoms with Gasteiger partial charge in [-0.05, 0) is 29.7 Å². The van der Waals surface area contributed by atoms with Gasteiger partial charge in [0.25, 0.3) is 0 Å². The van der Waals surface area contributed by atoms with E-state index in [1.807, 2.05) is 36.4 Å². The van der Waals surface area contributed by atoms with Gasteiger partial charge in [0.15, 0.2) is 11.5 Å². The molecule has 2 aromatic carbocycles. The topological polar surface area (TPSA) is 39.7 Å². The Hall–Kier alpha value is -2.04. The summed E-state index contributed by atoms with van der Waals surface area (Å²) in [5.41, 5.74) is 2.31. The molecule has 4 nitrogen and oxygen atoms in total. The predicted octanol–water partition coefficient (Wildman–Crippen LogP) is 3.18. The van der Waals surface area contributed by atoms with E-state index in [1.165, 1.54) is 5.56 Å². The average molecular weight is 301 g/mol. The van der Waals surface area contributed by atoms with E-state index in [0.717, 1.165) is 30.0 Å². The van der Waals surface area contributed by atoms with Gasteiger partial charge in [-0.25, -0.2) is 0 Å².